The largest absolute Gasteiger partial charge is 0.495 e. The molecule has 17 heavy (non-hydrogen) atoms. The molecular weight excluding hydrogens is 236 g/mol. The van der Waals surface area contributed by atoms with Crippen molar-refractivity contribution in [2.24, 2.45) is 0 Å². The molecule has 0 aliphatic heterocycles. The van der Waals surface area contributed by atoms with Gasteiger partial charge in [0, 0.05) is 10.6 Å². The summed E-state index contributed by atoms with van der Waals surface area (Å²) in [6.45, 7) is 0. The van der Waals surface area contributed by atoms with Crippen LogP contribution in [-0.4, -0.2) is 13.4 Å². The summed E-state index contributed by atoms with van der Waals surface area (Å²) in [7, 11) is 1.55. The van der Waals surface area contributed by atoms with Crippen molar-refractivity contribution in [3.8, 4) is 16.9 Å². The molecule has 2 nitrogen and oxygen atoms in total. The van der Waals surface area contributed by atoms with Crippen molar-refractivity contribution in [2.75, 3.05) is 7.11 Å². The van der Waals surface area contributed by atoms with Gasteiger partial charge in [-0.25, -0.2) is 0 Å². The minimum absolute atomic E-state index is 0.532. The highest BCUT2D eigenvalue weighted by atomic mass is 35.5. The van der Waals surface area contributed by atoms with Gasteiger partial charge in [-0.3, -0.25) is 4.79 Å². The van der Waals surface area contributed by atoms with E-state index in [9.17, 15) is 4.79 Å². The van der Waals surface area contributed by atoms with Gasteiger partial charge in [-0.1, -0.05) is 35.9 Å². The summed E-state index contributed by atoms with van der Waals surface area (Å²) in [5.41, 5.74) is 2.32. The lowest BCUT2D eigenvalue weighted by Gasteiger charge is -2.10. The van der Waals surface area contributed by atoms with Gasteiger partial charge in [0.05, 0.1) is 12.7 Å². The molecule has 0 aromatic heterocycles. The van der Waals surface area contributed by atoms with E-state index in [-0.39, 0.29) is 0 Å². The molecule has 0 radical (unpaired) electrons. The van der Waals surface area contributed by atoms with Crippen molar-refractivity contribution in [1.29, 1.82) is 0 Å². The maximum absolute atomic E-state index is 10.9. The summed E-state index contributed by atoms with van der Waals surface area (Å²) >= 11 is 5.95. The van der Waals surface area contributed by atoms with Gasteiger partial charge in [-0.15, -0.1) is 0 Å². The Hall–Kier alpha value is -1.80. The summed E-state index contributed by atoms with van der Waals surface area (Å²) in [5, 5.41) is 0.654. The van der Waals surface area contributed by atoms with Crippen molar-refractivity contribution in [1.82, 2.24) is 0 Å². The summed E-state index contributed by atoms with van der Waals surface area (Å²) < 4.78 is 5.29. The molecule has 0 N–H and O–H groups in total. The monoisotopic (exact) mass is 246 g/mol. The van der Waals surface area contributed by atoms with Gasteiger partial charge in [0.1, 0.15) is 5.75 Å². The molecule has 86 valence electrons. The van der Waals surface area contributed by atoms with Crippen LogP contribution in [-0.2, 0) is 0 Å². The molecule has 0 spiro atoms. The molecule has 0 unspecified atom stereocenters. The predicted molar refractivity (Wildman–Crippen MR) is 68.8 cm³/mol. The molecule has 0 saturated heterocycles. The molecule has 0 fully saturated rings. The highest BCUT2D eigenvalue weighted by molar-refractivity contribution is 6.30. The van der Waals surface area contributed by atoms with Crippen LogP contribution in [0.15, 0.2) is 42.5 Å². The maximum Gasteiger partial charge on any atom is 0.153 e. The Bertz CT molecular complexity index is 550. The van der Waals surface area contributed by atoms with Crippen LogP contribution in [0.2, 0.25) is 5.02 Å². The van der Waals surface area contributed by atoms with E-state index in [1.54, 1.807) is 19.2 Å². The van der Waals surface area contributed by atoms with Crippen molar-refractivity contribution in [3.63, 3.8) is 0 Å². The zero-order valence-electron chi connectivity index (χ0n) is 9.31. The molecule has 0 amide bonds. The lowest BCUT2D eigenvalue weighted by molar-refractivity contribution is 0.112. The molecular formula is C14H11ClO2. The van der Waals surface area contributed by atoms with Crippen LogP contribution in [0.1, 0.15) is 10.4 Å². The second kappa shape index (κ2) is 5.02. The number of hydrogen-bond acceptors (Lipinski definition) is 2. The van der Waals surface area contributed by atoms with E-state index in [2.05, 4.69) is 0 Å². The number of rotatable bonds is 3. The van der Waals surface area contributed by atoms with E-state index in [0.29, 0.717) is 16.3 Å². The Kier molecular flexibility index (Phi) is 3.45. The number of carbonyl (C=O) groups excluding carboxylic acids is 1. The van der Waals surface area contributed by atoms with E-state index in [0.717, 1.165) is 17.4 Å². The third kappa shape index (κ3) is 2.32. The normalized spacial score (nSPS) is 10.0. The number of methoxy groups -OCH3 is 1. The van der Waals surface area contributed by atoms with Crippen molar-refractivity contribution < 1.29 is 9.53 Å². The smallest absolute Gasteiger partial charge is 0.153 e. The maximum atomic E-state index is 10.9. The Morgan fingerprint density at radius 2 is 1.94 bits per heavy atom. The van der Waals surface area contributed by atoms with Crippen LogP contribution in [0.4, 0.5) is 0 Å². The van der Waals surface area contributed by atoms with Crippen LogP contribution >= 0.6 is 11.6 Å². The van der Waals surface area contributed by atoms with E-state index >= 15 is 0 Å². The molecule has 2 aromatic rings. The highest BCUT2D eigenvalue weighted by Gasteiger charge is 2.10. The van der Waals surface area contributed by atoms with E-state index in [1.165, 1.54) is 0 Å². The molecule has 0 aliphatic rings. The van der Waals surface area contributed by atoms with E-state index < -0.39 is 0 Å². The Labute approximate surface area is 105 Å². The van der Waals surface area contributed by atoms with Gasteiger partial charge < -0.3 is 4.74 Å². The molecule has 3 heteroatoms. The number of ether oxygens (including phenoxy) is 1. The summed E-state index contributed by atoms with van der Waals surface area (Å²) in [5.74, 6) is 0.574. The van der Waals surface area contributed by atoms with Crippen LogP contribution in [0, 0.1) is 0 Å². The Morgan fingerprint density at radius 3 is 2.59 bits per heavy atom. The fourth-order valence-electron chi connectivity index (χ4n) is 1.76. The van der Waals surface area contributed by atoms with Crippen LogP contribution in [0.3, 0.4) is 0 Å². The average molecular weight is 247 g/mol. The van der Waals surface area contributed by atoms with Gasteiger partial charge in [0.25, 0.3) is 0 Å². The molecule has 0 aliphatic carbocycles. The van der Waals surface area contributed by atoms with Gasteiger partial charge in [-0.2, -0.15) is 0 Å². The lowest BCUT2D eigenvalue weighted by atomic mass is 10.0. The number of halogens is 1. The van der Waals surface area contributed by atoms with Crippen LogP contribution in [0.5, 0.6) is 5.75 Å². The standard InChI is InChI=1S/C14H11ClO2/c1-17-14-11(9-16)5-3-7-13(14)10-4-2-6-12(15)8-10/h2-9H,1H3. The van der Waals surface area contributed by atoms with Gasteiger partial charge in [0.15, 0.2) is 6.29 Å². The molecule has 2 aromatic carbocycles. The molecule has 2 rings (SSSR count). The van der Waals surface area contributed by atoms with Crippen LogP contribution < -0.4 is 4.74 Å². The van der Waals surface area contributed by atoms with E-state index in [4.69, 9.17) is 16.3 Å². The Balaban J connectivity index is 2.62. The molecule has 0 saturated carbocycles. The number of benzene rings is 2. The third-order valence-corrected chi connectivity index (χ3v) is 2.75. The molecule has 0 bridgehead atoms. The number of aldehydes is 1. The minimum Gasteiger partial charge on any atom is -0.495 e. The third-order valence-electron chi connectivity index (χ3n) is 2.51. The first kappa shape index (κ1) is 11.7. The number of hydrogen-bond donors (Lipinski definition) is 0. The Morgan fingerprint density at radius 1 is 1.18 bits per heavy atom. The highest BCUT2D eigenvalue weighted by Crippen LogP contribution is 2.33. The van der Waals surface area contributed by atoms with Crippen LogP contribution in [0.25, 0.3) is 11.1 Å². The fourth-order valence-corrected chi connectivity index (χ4v) is 1.95. The molecule has 0 atom stereocenters. The zero-order valence-corrected chi connectivity index (χ0v) is 10.1. The van der Waals surface area contributed by atoms with E-state index in [1.807, 2.05) is 30.3 Å². The zero-order chi connectivity index (χ0) is 12.3. The predicted octanol–water partition coefficient (Wildman–Crippen LogP) is 3.83. The first-order valence-electron chi connectivity index (χ1n) is 5.14. The summed E-state index contributed by atoms with van der Waals surface area (Å²) in [4.78, 5) is 10.9. The fraction of sp³-hybridized carbons (Fsp3) is 0.0714. The second-order valence-corrected chi connectivity index (χ2v) is 3.99. The van der Waals surface area contributed by atoms with Gasteiger partial charge >= 0.3 is 0 Å². The summed E-state index contributed by atoms with van der Waals surface area (Å²) in [6, 6.07) is 12.9. The average Bonchev–Trinajstić information content (AvgIpc) is 2.37. The van der Waals surface area contributed by atoms with Crippen molar-refractivity contribution in [2.45, 2.75) is 0 Å². The second-order valence-electron chi connectivity index (χ2n) is 3.56. The van der Waals surface area contributed by atoms with Gasteiger partial charge in [-0.05, 0) is 23.8 Å². The first-order valence-corrected chi connectivity index (χ1v) is 5.52. The van der Waals surface area contributed by atoms with Gasteiger partial charge in [0.2, 0.25) is 0 Å². The molecule has 0 heterocycles. The number of para-hydroxylation sites is 1. The minimum atomic E-state index is 0.532. The number of carbonyl (C=O) groups is 1. The van der Waals surface area contributed by atoms with Crippen molar-refractivity contribution >= 4 is 17.9 Å². The topological polar surface area (TPSA) is 26.3 Å². The lowest BCUT2D eigenvalue weighted by Crippen LogP contribution is -1.93. The SMILES string of the molecule is COc1c(C=O)cccc1-c1cccc(Cl)c1. The van der Waals surface area contributed by atoms with Crippen molar-refractivity contribution in [3.05, 3.63) is 53.1 Å². The first-order chi connectivity index (χ1) is 8.26. The summed E-state index contributed by atoms with van der Waals surface area (Å²) in [6.07, 6.45) is 0.785. The quantitative estimate of drug-likeness (QED) is 0.770.